The molecule has 0 amide bonds. The summed E-state index contributed by atoms with van der Waals surface area (Å²) in [6, 6.07) is 6.45. The SMILES string of the molecule is O=c1nc2c(ccn2C(F)(F)F)cn1-c1ncoc1-c1ccc(F)cc1. The number of aromatic nitrogens is 4. The van der Waals surface area contributed by atoms with Gasteiger partial charge in [0.2, 0.25) is 0 Å². The summed E-state index contributed by atoms with van der Waals surface area (Å²) in [6.07, 6.45) is -1.64. The highest BCUT2D eigenvalue weighted by atomic mass is 19.4. The van der Waals surface area contributed by atoms with E-state index < -0.39 is 23.5 Å². The molecule has 0 aliphatic carbocycles. The maximum absolute atomic E-state index is 13.1. The van der Waals surface area contributed by atoms with Gasteiger partial charge in [0.25, 0.3) is 0 Å². The molecule has 0 spiro atoms. The predicted octanol–water partition coefficient (Wildman–Crippen LogP) is 3.46. The van der Waals surface area contributed by atoms with Gasteiger partial charge in [-0.15, -0.1) is 13.2 Å². The van der Waals surface area contributed by atoms with Gasteiger partial charge < -0.3 is 4.42 Å². The zero-order valence-electron chi connectivity index (χ0n) is 12.7. The van der Waals surface area contributed by atoms with Crippen molar-refractivity contribution in [2.75, 3.05) is 0 Å². The van der Waals surface area contributed by atoms with Crippen molar-refractivity contribution >= 4 is 11.0 Å². The number of rotatable bonds is 2. The summed E-state index contributed by atoms with van der Waals surface area (Å²) >= 11 is 0. The largest absolute Gasteiger partial charge is 0.490 e. The highest BCUT2D eigenvalue weighted by molar-refractivity contribution is 5.76. The highest BCUT2D eigenvalue weighted by Crippen LogP contribution is 2.28. The molecule has 0 aliphatic rings. The number of benzene rings is 1. The van der Waals surface area contributed by atoms with E-state index in [1.54, 1.807) is 0 Å². The molecule has 3 aromatic heterocycles. The summed E-state index contributed by atoms with van der Waals surface area (Å²) < 4.78 is 58.1. The van der Waals surface area contributed by atoms with Crippen LogP contribution in [0.25, 0.3) is 28.2 Å². The third-order valence-corrected chi connectivity index (χ3v) is 3.72. The van der Waals surface area contributed by atoms with Crippen molar-refractivity contribution in [3.05, 3.63) is 65.4 Å². The van der Waals surface area contributed by atoms with Crippen LogP contribution in [0.5, 0.6) is 0 Å². The summed E-state index contributed by atoms with van der Waals surface area (Å²) in [4.78, 5) is 19.7. The van der Waals surface area contributed by atoms with E-state index in [1.165, 1.54) is 36.5 Å². The van der Waals surface area contributed by atoms with Crippen LogP contribution in [0.3, 0.4) is 0 Å². The first-order chi connectivity index (χ1) is 12.3. The minimum Gasteiger partial charge on any atom is -0.441 e. The lowest BCUT2D eigenvalue weighted by atomic mass is 10.2. The fraction of sp³-hybridized carbons (Fsp3) is 0.0625. The van der Waals surface area contributed by atoms with Crippen molar-refractivity contribution in [3.8, 4) is 17.1 Å². The Morgan fingerprint density at radius 2 is 1.81 bits per heavy atom. The van der Waals surface area contributed by atoms with Crippen LogP contribution in [0, 0.1) is 5.82 Å². The summed E-state index contributed by atoms with van der Waals surface area (Å²) in [5, 5.41) is 0.0926. The Morgan fingerprint density at radius 3 is 2.50 bits per heavy atom. The van der Waals surface area contributed by atoms with Crippen molar-refractivity contribution in [2.24, 2.45) is 0 Å². The molecule has 0 saturated carbocycles. The Bertz CT molecular complexity index is 1160. The van der Waals surface area contributed by atoms with E-state index in [1.807, 2.05) is 0 Å². The fourth-order valence-corrected chi connectivity index (χ4v) is 2.56. The van der Waals surface area contributed by atoms with Gasteiger partial charge in [-0.3, -0.25) is 0 Å². The molecule has 0 bridgehead atoms. The van der Waals surface area contributed by atoms with Crippen LogP contribution in [0.15, 0.2) is 58.3 Å². The van der Waals surface area contributed by atoms with Crippen molar-refractivity contribution in [1.29, 1.82) is 0 Å². The number of hydrogen-bond acceptors (Lipinski definition) is 4. The molecule has 6 nitrogen and oxygen atoms in total. The molecule has 1 aromatic carbocycles. The number of hydrogen-bond donors (Lipinski definition) is 0. The molecular formula is C16H8F4N4O2. The first-order valence-corrected chi connectivity index (χ1v) is 7.22. The molecule has 0 atom stereocenters. The zero-order chi connectivity index (χ0) is 18.5. The average Bonchev–Trinajstić information content (AvgIpc) is 3.20. The van der Waals surface area contributed by atoms with E-state index >= 15 is 0 Å². The average molecular weight is 364 g/mol. The number of fused-ring (bicyclic) bond motifs is 1. The smallest absolute Gasteiger partial charge is 0.441 e. The third-order valence-electron chi connectivity index (χ3n) is 3.72. The van der Waals surface area contributed by atoms with Crippen LogP contribution < -0.4 is 5.69 Å². The normalized spacial score (nSPS) is 12.0. The molecule has 0 saturated heterocycles. The minimum absolute atomic E-state index is 0.0377. The molecule has 4 rings (SSSR count). The summed E-state index contributed by atoms with van der Waals surface area (Å²) in [7, 11) is 0. The number of oxazole rings is 1. The standard InChI is InChI=1S/C16H8F4N4O2/c17-11-3-1-9(2-4-11)12-14(21-8-26-12)23-7-10-5-6-24(16(18,19)20)13(10)22-15(23)25/h1-8H. The first kappa shape index (κ1) is 16.1. The highest BCUT2D eigenvalue weighted by Gasteiger charge is 2.32. The van der Waals surface area contributed by atoms with E-state index in [4.69, 9.17) is 4.42 Å². The Hall–Kier alpha value is -3.43. The van der Waals surface area contributed by atoms with Gasteiger partial charge in [0.05, 0.1) is 0 Å². The molecule has 132 valence electrons. The van der Waals surface area contributed by atoms with E-state index in [0.717, 1.165) is 17.2 Å². The summed E-state index contributed by atoms with van der Waals surface area (Å²) in [6.45, 7) is 0. The van der Waals surface area contributed by atoms with Crippen molar-refractivity contribution in [3.63, 3.8) is 0 Å². The lowest BCUT2D eigenvalue weighted by molar-refractivity contribution is -0.201. The van der Waals surface area contributed by atoms with E-state index in [0.29, 0.717) is 5.56 Å². The van der Waals surface area contributed by atoms with Gasteiger partial charge in [0.1, 0.15) is 5.82 Å². The predicted molar refractivity (Wildman–Crippen MR) is 82.1 cm³/mol. The second kappa shape index (κ2) is 5.55. The van der Waals surface area contributed by atoms with Crippen LogP contribution in [0.1, 0.15) is 0 Å². The first-order valence-electron chi connectivity index (χ1n) is 7.22. The molecule has 0 unspecified atom stereocenters. The maximum Gasteiger partial charge on any atom is 0.490 e. The van der Waals surface area contributed by atoms with Gasteiger partial charge in [-0.05, 0) is 30.3 Å². The van der Waals surface area contributed by atoms with E-state index in [2.05, 4.69) is 9.97 Å². The Morgan fingerprint density at radius 1 is 1.08 bits per heavy atom. The zero-order valence-corrected chi connectivity index (χ0v) is 12.7. The van der Waals surface area contributed by atoms with Crippen molar-refractivity contribution in [2.45, 2.75) is 6.30 Å². The second-order valence-corrected chi connectivity index (χ2v) is 5.34. The van der Waals surface area contributed by atoms with Gasteiger partial charge in [0, 0.05) is 23.3 Å². The molecule has 26 heavy (non-hydrogen) atoms. The minimum atomic E-state index is -4.69. The molecule has 0 N–H and O–H groups in total. The second-order valence-electron chi connectivity index (χ2n) is 5.34. The van der Waals surface area contributed by atoms with Crippen LogP contribution in [-0.4, -0.2) is 19.1 Å². The topological polar surface area (TPSA) is 65.8 Å². The molecule has 4 aromatic rings. The molecule has 0 fully saturated rings. The number of halogens is 4. The molecular weight excluding hydrogens is 356 g/mol. The van der Waals surface area contributed by atoms with Gasteiger partial charge in [0.15, 0.2) is 23.6 Å². The fourth-order valence-electron chi connectivity index (χ4n) is 2.56. The summed E-state index contributed by atoms with van der Waals surface area (Å²) in [5.41, 5.74) is -1.02. The molecule has 0 aliphatic heterocycles. The maximum atomic E-state index is 13.1. The Balaban J connectivity index is 1.89. The van der Waals surface area contributed by atoms with Crippen LogP contribution >= 0.6 is 0 Å². The van der Waals surface area contributed by atoms with Crippen molar-refractivity contribution in [1.82, 2.24) is 19.1 Å². The van der Waals surface area contributed by atoms with Gasteiger partial charge in [-0.2, -0.15) is 9.97 Å². The van der Waals surface area contributed by atoms with Crippen LogP contribution in [-0.2, 0) is 6.30 Å². The number of alkyl halides is 3. The molecule has 10 heteroatoms. The summed E-state index contributed by atoms with van der Waals surface area (Å²) in [5.74, 6) is -0.261. The lowest BCUT2D eigenvalue weighted by Gasteiger charge is -2.09. The Kier molecular flexibility index (Phi) is 3.43. The number of nitrogens with zero attached hydrogens (tertiary/aromatic N) is 4. The quantitative estimate of drug-likeness (QED) is 0.511. The lowest BCUT2D eigenvalue weighted by Crippen LogP contribution is -2.24. The van der Waals surface area contributed by atoms with E-state index in [-0.39, 0.29) is 21.5 Å². The van der Waals surface area contributed by atoms with Crippen LogP contribution in [0.2, 0.25) is 0 Å². The monoisotopic (exact) mass is 364 g/mol. The van der Waals surface area contributed by atoms with Gasteiger partial charge in [-0.1, -0.05) is 0 Å². The Labute approximate surface area is 141 Å². The van der Waals surface area contributed by atoms with Crippen LogP contribution in [0.4, 0.5) is 17.6 Å². The van der Waals surface area contributed by atoms with E-state index in [9.17, 15) is 22.4 Å². The van der Waals surface area contributed by atoms with Gasteiger partial charge in [-0.25, -0.2) is 18.3 Å². The van der Waals surface area contributed by atoms with Gasteiger partial charge >= 0.3 is 12.0 Å². The molecule has 3 heterocycles. The third kappa shape index (κ3) is 2.55. The van der Waals surface area contributed by atoms with Crippen molar-refractivity contribution < 1.29 is 22.0 Å². The molecule has 0 radical (unpaired) electrons.